The zero-order chi connectivity index (χ0) is 13.8. The second kappa shape index (κ2) is 7.38. The van der Waals surface area contributed by atoms with Gasteiger partial charge in [0.05, 0.1) is 6.42 Å². The van der Waals surface area contributed by atoms with Gasteiger partial charge in [0, 0.05) is 5.92 Å². The number of rotatable bonds is 5. The lowest BCUT2D eigenvalue weighted by Crippen LogP contribution is -3.00. The molecule has 0 aliphatic rings. The molecule has 2 rings (SSSR count). The first-order valence-corrected chi connectivity index (χ1v) is 6.45. The van der Waals surface area contributed by atoms with E-state index in [1.807, 2.05) is 44.2 Å². The predicted molar refractivity (Wildman–Crippen MR) is 70.0 cm³/mol. The molecular formula is C14H20ClN3O2. The Bertz CT molecular complexity index is 516. The van der Waals surface area contributed by atoms with Crippen molar-refractivity contribution in [2.45, 2.75) is 32.4 Å². The van der Waals surface area contributed by atoms with Gasteiger partial charge in [-0.3, -0.25) is 0 Å². The van der Waals surface area contributed by atoms with E-state index in [0.29, 0.717) is 12.3 Å². The molecule has 0 saturated heterocycles. The normalized spacial score (nSPS) is 13.8. The minimum atomic E-state index is -0.808. The number of nitrogens with zero attached hydrogens (tertiary/aromatic N) is 2. The monoisotopic (exact) mass is 297 g/mol. The van der Waals surface area contributed by atoms with Gasteiger partial charge in [0.25, 0.3) is 5.89 Å². The van der Waals surface area contributed by atoms with Crippen LogP contribution in [0.1, 0.15) is 37.3 Å². The van der Waals surface area contributed by atoms with Crippen LogP contribution in [0.25, 0.3) is 0 Å². The summed E-state index contributed by atoms with van der Waals surface area (Å²) >= 11 is 0. The third kappa shape index (κ3) is 4.03. The number of aliphatic hydroxyl groups is 1. The Morgan fingerprint density at radius 1 is 1.20 bits per heavy atom. The van der Waals surface area contributed by atoms with Crippen LogP contribution in [0.4, 0.5) is 0 Å². The number of benzene rings is 1. The molecule has 5 nitrogen and oxygen atoms in total. The largest absolute Gasteiger partial charge is 1.00 e. The first kappa shape index (κ1) is 16.6. The van der Waals surface area contributed by atoms with Crippen LogP contribution in [0.2, 0.25) is 0 Å². The molecule has 0 spiro atoms. The third-order valence-corrected chi connectivity index (χ3v) is 3.20. The summed E-state index contributed by atoms with van der Waals surface area (Å²) in [6.45, 7) is 4.00. The standard InChI is InChI=1S/C14H19N3O2.ClH/c1-9(2)12(15)13(18)14-17-16-11(19-14)8-10-6-4-3-5-7-10;/h3-7,9,12-13,18H,8,15H2,1-2H3;1H/t12-,13?;/m0./s1. The lowest BCUT2D eigenvalue weighted by Gasteiger charge is -2.15. The topological polar surface area (TPSA) is 86.8 Å². The van der Waals surface area contributed by atoms with Gasteiger partial charge in [-0.05, 0) is 5.56 Å². The molecule has 0 aliphatic carbocycles. The third-order valence-electron chi connectivity index (χ3n) is 3.20. The van der Waals surface area contributed by atoms with Crippen molar-refractivity contribution >= 4 is 0 Å². The van der Waals surface area contributed by atoms with Crippen LogP contribution in [0.3, 0.4) is 0 Å². The van der Waals surface area contributed by atoms with Crippen molar-refractivity contribution in [3.05, 3.63) is 47.7 Å². The van der Waals surface area contributed by atoms with Gasteiger partial charge in [-0.25, -0.2) is 0 Å². The fourth-order valence-electron chi connectivity index (χ4n) is 1.78. The van der Waals surface area contributed by atoms with Crippen LogP contribution in [0.15, 0.2) is 34.7 Å². The van der Waals surface area contributed by atoms with Gasteiger partial charge in [-0.15, -0.1) is 10.2 Å². The molecule has 2 atom stereocenters. The molecule has 6 heteroatoms. The van der Waals surface area contributed by atoms with E-state index < -0.39 is 6.10 Å². The van der Waals surface area contributed by atoms with Crippen LogP contribution in [0.5, 0.6) is 0 Å². The van der Waals surface area contributed by atoms with Gasteiger partial charge in [-0.1, -0.05) is 44.2 Å². The summed E-state index contributed by atoms with van der Waals surface area (Å²) in [5.74, 6) is 1.01. The predicted octanol–water partition coefficient (Wildman–Crippen LogP) is -2.04. The maximum Gasteiger partial charge on any atom is 0.251 e. The first-order valence-electron chi connectivity index (χ1n) is 6.45. The Kier molecular flexibility index (Phi) is 6.13. The molecule has 0 saturated carbocycles. The molecule has 4 N–H and O–H groups in total. The van der Waals surface area contributed by atoms with Gasteiger partial charge in [0.1, 0.15) is 6.04 Å². The highest BCUT2D eigenvalue weighted by Gasteiger charge is 2.28. The van der Waals surface area contributed by atoms with E-state index in [1.165, 1.54) is 0 Å². The number of aliphatic hydroxyl groups excluding tert-OH is 1. The van der Waals surface area contributed by atoms with Crippen molar-refractivity contribution in [3.8, 4) is 0 Å². The highest BCUT2D eigenvalue weighted by atomic mass is 35.5. The molecule has 2 aromatic rings. The first-order chi connectivity index (χ1) is 9.08. The maximum atomic E-state index is 10.1. The maximum absolute atomic E-state index is 10.1. The van der Waals surface area contributed by atoms with Crippen LogP contribution in [-0.2, 0) is 6.42 Å². The van der Waals surface area contributed by atoms with E-state index in [2.05, 4.69) is 15.9 Å². The summed E-state index contributed by atoms with van der Waals surface area (Å²) in [6, 6.07) is 9.73. The van der Waals surface area contributed by atoms with Crippen molar-refractivity contribution in [1.82, 2.24) is 10.2 Å². The number of aromatic nitrogens is 2. The van der Waals surface area contributed by atoms with Gasteiger partial charge < -0.3 is 27.7 Å². The number of halogens is 1. The van der Waals surface area contributed by atoms with Crippen LogP contribution in [-0.4, -0.2) is 21.3 Å². The molecule has 0 aliphatic heterocycles. The fourth-order valence-corrected chi connectivity index (χ4v) is 1.78. The summed E-state index contributed by atoms with van der Waals surface area (Å²) in [5.41, 5.74) is 5.03. The minimum Gasteiger partial charge on any atom is -1.00 e. The Hall–Kier alpha value is -1.43. The van der Waals surface area contributed by atoms with Crippen LogP contribution >= 0.6 is 0 Å². The van der Waals surface area contributed by atoms with Crippen molar-refractivity contribution < 1.29 is 27.7 Å². The van der Waals surface area contributed by atoms with Crippen LogP contribution in [0, 0.1) is 5.92 Å². The average molecular weight is 298 g/mol. The van der Waals surface area contributed by atoms with Crippen molar-refractivity contribution in [2.24, 2.45) is 5.92 Å². The zero-order valence-corrected chi connectivity index (χ0v) is 12.4. The molecule has 0 amide bonds. The SMILES string of the molecule is CC(C)[C@H]([NH3+])C(O)c1nnc(Cc2ccccc2)o1.[Cl-]. The number of hydrogen-bond acceptors (Lipinski definition) is 4. The highest BCUT2D eigenvalue weighted by molar-refractivity contribution is 5.17. The Balaban J connectivity index is 0.00000200. The zero-order valence-electron chi connectivity index (χ0n) is 11.7. The van der Waals surface area contributed by atoms with Crippen molar-refractivity contribution in [1.29, 1.82) is 0 Å². The van der Waals surface area contributed by atoms with E-state index in [-0.39, 0.29) is 30.3 Å². The molecule has 1 aromatic carbocycles. The second-order valence-corrected chi connectivity index (χ2v) is 5.05. The van der Waals surface area contributed by atoms with Gasteiger partial charge >= 0.3 is 0 Å². The molecular weight excluding hydrogens is 278 g/mol. The fraction of sp³-hybridized carbons (Fsp3) is 0.429. The minimum absolute atomic E-state index is 0. The Labute approximate surface area is 124 Å². The molecule has 0 radical (unpaired) electrons. The molecule has 20 heavy (non-hydrogen) atoms. The Morgan fingerprint density at radius 3 is 2.45 bits per heavy atom. The van der Waals surface area contributed by atoms with E-state index in [1.54, 1.807) is 0 Å². The molecule has 0 fully saturated rings. The van der Waals surface area contributed by atoms with E-state index in [4.69, 9.17) is 4.42 Å². The van der Waals surface area contributed by atoms with Crippen LogP contribution < -0.4 is 18.1 Å². The van der Waals surface area contributed by atoms with E-state index in [0.717, 1.165) is 5.56 Å². The Morgan fingerprint density at radius 2 is 1.85 bits per heavy atom. The van der Waals surface area contributed by atoms with Crippen molar-refractivity contribution in [3.63, 3.8) is 0 Å². The molecule has 1 heterocycles. The van der Waals surface area contributed by atoms with Gasteiger partial charge in [0.2, 0.25) is 5.89 Å². The highest BCUT2D eigenvalue weighted by Crippen LogP contribution is 2.18. The summed E-state index contributed by atoms with van der Waals surface area (Å²) in [5, 5.41) is 18.0. The summed E-state index contributed by atoms with van der Waals surface area (Å²) < 4.78 is 5.51. The number of hydrogen-bond donors (Lipinski definition) is 2. The van der Waals surface area contributed by atoms with Gasteiger partial charge in [-0.2, -0.15) is 0 Å². The molecule has 1 aromatic heterocycles. The summed E-state index contributed by atoms with van der Waals surface area (Å²) in [4.78, 5) is 0. The lowest BCUT2D eigenvalue weighted by molar-refractivity contribution is -0.451. The quantitative estimate of drug-likeness (QED) is 0.666. The van der Waals surface area contributed by atoms with Crippen molar-refractivity contribution in [2.75, 3.05) is 0 Å². The van der Waals surface area contributed by atoms with E-state index >= 15 is 0 Å². The molecule has 1 unspecified atom stereocenters. The second-order valence-electron chi connectivity index (χ2n) is 5.05. The van der Waals surface area contributed by atoms with Gasteiger partial charge in [0.15, 0.2) is 6.10 Å². The summed E-state index contributed by atoms with van der Waals surface area (Å²) in [7, 11) is 0. The average Bonchev–Trinajstić information content (AvgIpc) is 2.86. The lowest BCUT2D eigenvalue weighted by atomic mass is 10.00. The molecule has 0 bridgehead atoms. The number of quaternary nitrogens is 1. The molecule has 110 valence electrons. The summed E-state index contributed by atoms with van der Waals surface area (Å²) in [6.07, 6.45) is -0.235. The smallest absolute Gasteiger partial charge is 0.251 e. The van der Waals surface area contributed by atoms with E-state index in [9.17, 15) is 5.11 Å².